The number of aliphatic imine (C=N–C) groups is 2. The molecule has 2 fully saturated rings. The zero-order valence-electron chi connectivity index (χ0n) is 12.4. The standard InChI is InChI=1S/C15H18BrClN4S/c1-20-8-9-22-15(20)19-14(21-6-2-3-7-21)18-11-4-5-12(16)13(17)10-11/h4-5,10H,2-3,6-9H2,1H3. The molecule has 0 amide bonds. The van der Waals surface area contributed by atoms with E-state index < -0.39 is 0 Å². The van der Waals surface area contributed by atoms with Gasteiger partial charge in [-0.15, -0.1) is 0 Å². The first-order valence-corrected chi connectivity index (χ1v) is 9.50. The molecule has 1 aromatic carbocycles. The van der Waals surface area contributed by atoms with Crippen LogP contribution < -0.4 is 0 Å². The fourth-order valence-corrected chi connectivity index (χ4v) is 3.86. The normalized spacial score (nSPS) is 21.2. The quantitative estimate of drug-likeness (QED) is 0.521. The second-order valence-corrected chi connectivity index (χ2v) is 7.69. The van der Waals surface area contributed by atoms with Crippen LogP contribution in [-0.4, -0.2) is 53.4 Å². The van der Waals surface area contributed by atoms with E-state index >= 15 is 0 Å². The Bertz CT molecular complexity index is 614. The first-order valence-electron chi connectivity index (χ1n) is 7.35. The van der Waals surface area contributed by atoms with Crippen molar-refractivity contribution in [1.29, 1.82) is 0 Å². The van der Waals surface area contributed by atoms with E-state index in [1.807, 2.05) is 18.2 Å². The number of amidine groups is 1. The van der Waals surface area contributed by atoms with Crippen LogP contribution in [0.1, 0.15) is 12.8 Å². The van der Waals surface area contributed by atoms with Crippen LogP contribution in [0.5, 0.6) is 0 Å². The van der Waals surface area contributed by atoms with Crippen molar-refractivity contribution in [1.82, 2.24) is 9.80 Å². The summed E-state index contributed by atoms with van der Waals surface area (Å²) in [7, 11) is 2.08. The molecule has 3 rings (SSSR count). The highest BCUT2D eigenvalue weighted by Gasteiger charge is 2.20. The summed E-state index contributed by atoms with van der Waals surface area (Å²) in [5.41, 5.74) is 0.838. The zero-order chi connectivity index (χ0) is 15.5. The fourth-order valence-electron chi connectivity index (χ4n) is 2.44. The van der Waals surface area contributed by atoms with E-state index in [1.54, 1.807) is 11.8 Å². The minimum absolute atomic E-state index is 0.669. The number of guanidine groups is 1. The molecule has 22 heavy (non-hydrogen) atoms. The Hall–Kier alpha value is -0.720. The smallest absolute Gasteiger partial charge is 0.228 e. The lowest BCUT2D eigenvalue weighted by Gasteiger charge is -2.18. The summed E-state index contributed by atoms with van der Waals surface area (Å²) in [6.45, 7) is 3.09. The predicted molar refractivity (Wildman–Crippen MR) is 99.6 cm³/mol. The molecule has 7 heteroatoms. The van der Waals surface area contributed by atoms with Crippen LogP contribution in [0.3, 0.4) is 0 Å². The van der Waals surface area contributed by atoms with Gasteiger partial charge in [0, 0.05) is 36.9 Å². The van der Waals surface area contributed by atoms with Crippen molar-refractivity contribution in [2.75, 3.05) is 32.4 Å². The van der Waals surface area contributed by atoms with Crippen molar-refractivity contribution in [2.24, 2.45) is 9.98 Å². The summed E-state index contributed by atoms with van der Waals surface area (Å²) in [6.07, 6.45) is 2.40. The zero-order valence-corrected chi connectivity index (χ0v) is 15.6. The second-order valence-electron chi connectivity index (χ2n) is 5.37. The molecule has 1 aromatic rings. The predicted octanol–water partition coefficient (Wildman–Crippen LogP) is 4.22. The molecule has 0 aliphatic carbocycles. The fraction of sp³-hybridized carbons (Fsp3) is 0.467. The van der Waals surface area contributed by atoms with Crippen LogP contribution >= 0.6 is 39.3 Å². The first kappa shape index (κ1) is 16.1. The van der Waals surface area contributed by atoms with Gasteiger partial charge in [-0.2, -0.15) is 4.99 Å². The molecule has 0 spiro atoms. The lowest BCUT2D eigenvalue weighted by molar-refractivity contribution is 0.510. The Morgan fingerprint density at radius 1 is 1.27 bits per heavy atom. The van der Waals surface area contributed by atoms with Crippen molar-refractivity contribution < 1.29 is 0 Å². The molecule has 2 aliphatic heterocycles. The number of hydrogen-bond acceptors (Lipinski definition) is 2. The van der Waals surface area contributed by atoms with Gasteiger partial charge in [0.2, 0.25) is 5.96 Å². The summed E-state index contributed by atoms with van der Waals surface area (Å²) in [4.78, 5) is 14.0. The van der Waals surface area contributed by atoms with Crippen LogP contribution in [0.25, 0.3) is 0 Å². The molecular formula is C15H18BrClN4S. The molecule has 2 saturated heterocycles. The molecule has 0 aromatic heterocycles. The van der Waals surface area contributed by atoms with E-state index in [9.17, 15) is 0 Å². The van der Waals surface area contributed by atoms with Crippen molar-refractivity contribution in [3.05, 3.63) is 27.7 Å². The Morgan fingerprint density at radius 3 is 2.68 bits per heavy atom. The van der Waals surface area contributed by atoms with Gasteiger partial charge in [0.25, 0.3) is 0 Å². The number of benzene rings is 1. The van der Waals surface area contributed by atoms with E-state index in [0.717, 1.165) is 46.7 Å². The third kappa shape index (κ3) is 3.78. The molecule has 0 N–H and O–H groups in total. The number of halogens is 2. The number of rotatable bonds is 1. The summed E-state index contributed by atoms with van der Waals surface area (Å²) in [5.74, 6) is 1.89. The van der Waals surface area contributed by atoms with Crippen molar-refractivity contribution in [2.45, 2.75) is 12.8 Å². The van der Waals surface area contributed by atoms with Gasteiger partial charge in [-0.3, -0.25) is 0 Å². The van der Waals surface area contributed by atoms with Gasteiger partial charge >= 0.3 is 0 Å². The van der Waals surface area contributed by atoms with Gasteiger partial charge in [0.15, 0.2) is 5.17 Å². The molecular weight excluding hydrogens is 384 g/mol. The monoisotopic (exact) mass is 400 g/mol. The second kappa shape index (κ2) is 7.23. The average Bonchev–Trinajstić information content (AvgIpc) is 3.14. The number of thioether (sulfide) groups is 1. The molecule has 4 nitrogen and oxygen atoms in total. The maximum Gasteiger partial charge on any atom is 0.228 e. The Labute approximate surface area is 148 Å². The summed E-state index contributed by atoms with van der Waals surface area (Å²) >= 11 is 11.4. The highest BCUT2D eigenvalue weighted by Crippen LogP contribution is 2.28. The third-order valence-corrected chi connectivity index (χ3v) is 5.98. The lowest BCUT2D eigenvalue weighted by atomic mass is 10.3. The Kier molecular flexibility index (Phi) is 5.31. The number of likely N-dealkylation sites (tertiary alicyclic amines) is 1. The highest BCUT2D eigenvalue weighted by molar-refractivity contribution is 9.10. The Morgan fingerprint density at radius 2 is 2.05 bits per heavy atom. The molecule has 0 atom stereocenters. The molecule has 0 radical (unpaired) electrons. The van der Waals surface area contributed by atoms with E-state index in [2.05, 4.69) is 32.8 Å². The van der Waals surface area contributed by atoms with Gasteiger partial charge in [-0.25, -0.2) is 4.99 Å². The van der Waals surface area contributed by atoms with Gasteiger partial charge < -0.3 is 9.80 Å². The SMILES string of the molecule is CN1CCSC1=NC(=Nc1ccc(Br)c(Cl)c1)N1CCCC1. The Balaban J connectivity index is 1.93. The van der Waals surface area contributed by atoms with Crippen LogP contribution in [0.15, 0.2) is 32.7 Å². The lowest BCUT2D eigenvalue weighted by Crippen LogP contribution is -2.29. The minimum Gasteiger partial charge on any atom is -0.353 e. The molecule has 2 aliphatic rings. The van der Waals surface area contributed by atoms with E-state index in [-0.39, 0.29) is 0 Å². The molecule has 118 valence electrons. The first-order chi connectivity index (χ1) is 10.6. The molecule has 0 bridgehead atoms. The number of nitrogens with zero attached hydrogens (tertiary/aromatic N) is 4. The number of hydrogen-bond donors (Lipinski definition) is 0. The maximum absolute atomic E-state index is 6.17. The van der Waals surface area contributed by atoms with E-state index in [4.69, 9.17) is 21.6 Å². The highest BCUT2D eigenvalue weighted by atomic mass is 79.9. The third-order valence-electron chi connectivity index (χ3n) is 3.70. The molecule has 0 unspecified atom stereocenters. The summed E-state index contributed by atoms with van der Waals surface area (Å²) in [5, 5.41) is 1.72. The van der Waals surface area contributed by atoms with Crippen molar-refractivity contribution in [3.63, 3.8) is 0 Å². The van der Waals surface area contributed by atoms with E-state index in [1.165, 1.54) is 12.8 Å². The van der Waals surface area contributed by atoms with Crippen LogP contribution in [0, 0.1) is 0 Å². The maximum atomic E-state index is 6.17. The summed E-state index contributed by atoms with van der Waals surface area (Å²) in [6, 6.07) is 5.75. The van der Waals surface area contributed by atoms with Crippen LogP contribution in [-0.2, 0) is 0 Å². The van der Waals surface area contributed by atoms with Gasteiger partial charge in [0.1, 0.15) is 0 Å². The van der Waals surface area contributed by atoms with Crippen LogP contribution in [0.4, 0.5) is 5.69 Å². The van der Waals surface area contributed by atoms with Gasteiger partial charge in [-0.05, 0) is 47.0 Å². The average molecular weight is 402 g/mol. The molecule has 2 heterocycles. The molecule has 0 saturated carbocycles. The van der Waals surface area contributed by atoms with Gasteiger partial charge in [-0.1, -0.05) is 23.4 Å². The minimum atomic E-state index is 0.669. The van der Waals surface area contributed by atoms with Gasteiger partial charge in [0.05, 0.1) is 10.7 Å². The van der Waals surface area contributed by atoms with Crippen molar-refractivity contribution >= 4 is 56.1 Å². The summed E-state index contributed by atoms with van der Waals surface area (Å²) < 4.78 is 0.883. The largest absolute Gasteiger partial charge is 0.353 e. The van der Waals surface area contributed by atoms with E-state index in [0.29, 0.717) is 5.02 Å². The van der Waals surface area contributed by atoms with Crippen molar-refractivity contribution in [3.8, 4) is 0 Å². The topological polar surface area (TPSA) is 31.2 Å². The van der Waals surface area contributed by atoms with Crippen LogP contribution in [0.2, 0.25) is 5.02 Å².